The van der Waals surface area contributed by atoms with Gasteiger partial charge in [-0.05, 0) is 30.7 Å². The van der Waals surface area contributed by atoms with Crippen LogP contribution in [0.2, 0.25) is 5.02 Å². The van der Waals surface area contributed by atoms with Crippen molar-refractivity contribution in [3.05, 3.63) is 35.5 Å². The molecule has 3 nitrogen and oxygen atoms in total. The first kappa shape index (κ1) is 12.1. The molecule has 1 aromatic carbocycles. The first-order chi connectivity index (χ1) is 8.26. The third kappa shape index (κ3) is 2.51. The van der Waals surface area contributed by atoms with Crippen molar-refractivity contribution in [2.75, 3.05) is 11.9 Å². The molecule has 90 valence electrons. The molecule has 2 aromatic rings. The molecule has 0 aliphatic carbocycles. The molecule has 1 heterocycles. The predicted octanol–water partition coefficient (Wildman–Crippen LogP) is 3.04. The standard InChI is InChI=1S/C13H16ClN3/c1-2-9(8-15)17-12-6-5-11(14)10-4-3-7-16-13(10)12/h3-7,9,17H,2,8,15H2,1H3. The highest BCUT2D eigenvalue weighted by molar-refractivity contribution is 6.35. The van der Waals surface area contributed by atoms with E-state index in [0.29, 0.717) is 6.54 Å². The molecule has 17 heavy (non-hydrogen) atoms. The highest BCUT2D eigenvalue weighted by atomic mass is 35.5. The molecule has 0 amide bonds. The fourth-order valence-corrected chi connectivity index (χ4v) is 2.02. The zero-order valence-electron chi connectivity index (χ0n) is 9.78. The van der Waals surface area contributed by atoms with Gasteiger partial charge in [0.15, 0.2) is 0 Å². The first-order valence-corrected chi connectivity index (χ1v) is 6.14. The fourth-order valence-electron chi connectivity index (χ4n) is 1.80. The van der Waals surface area contributed by atoms with E-state index in [1.807, 2.05) is 24.3 Å². The van der Waals surface area contributed by atoms with Gasteiger partial charge >= 0.3 is 0 Å². The summed E-state index contributed by atoms with van der Waals surface area (Å²) in [5, 5.41) is 5.09. The summed E-state index contributed by atoms with van der Waals surface area (Å²) in [7, 11) is 0. The van der Waals surface area contributed by atoms with Gasteiger partial charge in [-0.1, -0.05) is 18.5 Å². The van der Waals surface area contributed by atoms with Crippen molar-refractivity contribution in [1.82, 2.24) is 4.98 Å². The van der Waals surface area contributed by atoms with Crippen LogP contribution in [0.3, 0.4) is 0 Å². The molecule has 0 aliphatic heterocycles. The smallest absolute Gasteiger partial charge is 0.0948 e. The van der Waals surface area contributed by atoms with E-state index < -0.39 is 0 Å². The minimum Gasteiger partial charge on any atom is -0.379 e. The molecule has 0 bridgehead atoms. The number of pyridine rings is 1. The monoisotopic (exact) mass is 249 g/mol. The Labute approximate surface area is 106 Å². The Morgan fingerprint density at radius 3 is 2.94 bits per heavy atom. The van der Waals surface area contributed by atoms with Crippen molar-refractivity contribution in [3.8, 4) is 0 Å². The van der Waals surface area contributed by atoms with E-state index in [2.05, 4.69) is 17.2 Å². The fraction of sp³-hybridized carbons (Fsp3) is 0.308. The van der Waals surface area contributed by atoms with Gasteiger partial charge in [-0.25, -0.2) is 0 Å². The van der Waals surface area contributed by atoms with Crippen LogP contribution in [-0.4, -0.2) is 17.6 Å². The van der Waals surface area contributed by atoms with Crippen LogP contribution in [0.25, 0.3) is 10.9 Å². The number of aromatic nitrogens is 1. The zero-order chi connectivity index (χ0) is 12.3. The van der Waals surface area contributed by atoms with E-state index in [1.165, 1.54) is 0 Å². The summed E-state index contributed by atoms with van der Waals surface area (Å²) in [4.78, 5) is 4.38. The molecule has 4 heteroatoms. The molecular formula is C13H16ClN3. The SMILES string of the molecule is CCC(CN)Nc1ccc(Cl)c2cccnc12. The lowest BCUT2D eigenvalue weighted by Gasteiger charge is -2.17. The number of nitrogens with zero attached hydrogens (tertiary/aromatic N) is 1. The molecule has 1 aromatic heterocycles. The molecular weight excluding hydrogens is 234 g/mol. The second kappa shape index (κ2) is 5.34. The van der Waals surface area contributed by atoms with Gasteiger partial charge in [0.05, 0.1) is 16.2 Å². The number of rotatable bonds is 4. The number of benzene rings is 1. The van der Waals surface area contributed by atoms with Crippen LogP contribution in [0, 0.1) is 0 Å². The van der Waals surface area contributed by atoms with Crippen molar-refractivity contribution < 1.29 is 0 Å². The number of hydrogen-bond donors (Lipinski definition) is 2. The predicted molar refractivity (Wildman–Crippen MR) is 73.5 cm³/mol. The van der Waals surface area contributed by atoms with Gasteiger partial charge in [0.2, 0.25) is 0 Å². The van der Waals surface area contributed by atoms with E-state index in [-0.39, 0.29) is 6.04 Å². The maximum atomic E-state index is 6.14. The summed E-state index contributed by atoms with van der Waals surface area (Å²) in [6.07, 6.45) is 2.75. The van der Waals surface area contributed by atoms with Gasteiger partial charge < -0.3 is 11.1 Å². The minimum atomic E-state index is 0.265. The Morgan fingerprint density at radius 2 is 2.24 bits per heavy atom. The number of hydrogen-bond acceptors (Lipinski definition) is 3. The van der Waals surface area contributed by atoms with Gasteiger partial charge in [0.25, 0.3) is 0 Å². The van der Waals surface area contributed by atoms with Gasteiger partial charge in [-0.2, -0.15) is 0 Å². The maximum absolute atomic E-state index is 6.14. The molecule has 0 aliphatic rings. The van der Waals surface area contributed by atoms with Crippen molar-refractivity contribution >= 4 is 28.2 Å². The maximum Gasteiger partial charge on any atom is 0.0948 e. The zero-order valence-corrected chi connectivity index (χ0v) is 10.5. The molecule has 3 N–H and O–H groups in total. The van der Waals surface area contributed by atoms with Crippen LogP contribution in [-0.2, 0) is 0 Å². The van der Waals surface area contributed by atoms with E-state index in [9.17, 15) is 0 Å². The Bertz CT molecular complexity index is 509. The van der Waals surface area contributed by atoms with Gasteiger partial charge in [0.1, 0.15) is 0 Å². The molecule has 0 fully saturated rings. The van der Waals surface area contributed by atoms with Crippen LogP contribution >= 0.6 is 11.6 Å². The molecule has 1 unspecified atom stereocenters. The Morgan fingerprint density at radius 1 is 1.41 bits per heavy atom. The normalized spacial score (nSPS) is 12.6. The summed E-state index contributed by atoms with van der Waals surface area (Å²) in [6, 6.07) is 7.96. The van der Waals surface area contributed by atoms with E-state index in [0.717, 1.165) is 28.0 Å². The largest absolute Gasteiger partial charge is 0.379 e. The second-order valence-corrected chi connectivity index (χ2v) is 4.39. The van der Waals surface area contributed by atoms with Crippen LogP contribution in [0.4, 0.5) is 5.69 Å². The lowest BCUT2D eigenvalue weighted by Crippen LogP contribution is -2.28. The summed E-state index contributed by atoms with van der Waals surface area (Å²) in [5.41, 5.74) is 7.58. The van der Waals surface area contributed by atoms with Crippen LogP contribution in [0.15, 0.2) is 30.5 Å². The van der Waals surface area contributed by atoms with E-state index in [1.54, 1.807) is 6.20 Å². The van der Waals surface area contributed by atoms with Crippen molar-refractivity contribution in [2.45, 2.75) is 19.4 Å². The summed E-state index contributed by atoms with van der Waals surface area (Å²) < 4.78 is 0. The average Bonchev–Trinajstić information content (AvgIpc) is 2.38. The first-order valence-electron chi connectivity index (χ1n) is 5.76. The van der Waals surface area contributed by atoms with Crippen LogP contribution in [0.1, 0.15) is 13.3 Å². The van der Waals surface area contributed by atoms with Gasteiger partial charge in [0, 0.05) is 24.2 Å². The molecule has 2 rings (SSSR count). The summed E-state index contributed by atoms with van der Waals surface area (Å²) in [5.74, 6) is 0. The summed E-state index contributed by atoms with van der Waals surface area (Å²) in [6.45, 7) is 2.71. The minimum absolute atomic E-state index is 0.265. The number of nitrogens with two attached hydrogens (primary N) is 1. The van der Waals surface area contributed by atoms with Crippen molar-refractivity contribution in [3.63, 3.8) is 0 Å². The van der Waals surface area contributed by atoms with Crippen molar-refractivity contribution in [2.24, 2.45) is 5.73 Å². The van der Waals surface area contributed by atoms with E-state index in [4.69, 9.17) is 17.3 Å². The van der Waals surface area contributed by atoms with Crippen molar-refractivity contribution in [1.29, 1.82) is 0 Å². The number of nitrogens with one attached hydrogen (secondary N) is 1. The van der Waals surface area contributed by atoms with Gasteiger partial charge in [-0.15, -0.1) is 0 Å². The lowest BCUT2D eigenvalue weighted by molar-refractivity contribution is 0.704. The Hall–Kier alpha value is -1.32. The van der Waals surface area contributed by atoms with Crippen LogP contribution < -0.4 is 11.1 Å². The second-order valence-electron chi connectivity index (χ2n) is 3.98. The van der Waals surface area contributed by atoms with Gasteiger partial charge in [-0.3, -0.25) is 4.98 Å². The Balaban J connectivity index is 2.44. The number of halogens is 1. The van der Waals surface area contributed by atoms with E-state index >= 15 is 0 Å². The summed E-state index contributed by atoms with van der Waals surface area (Å²) >= 11 is 6.14. The lowest BCUT2D eigenvalue weighted by atomic mass is 10.1. The Kier molecular flexibility index (Phi) is 3.82. The molecule has 0 radical (unpaired) electrons. The number of anilines is 1. The van der Waals surface area contributed by atoms with Crippen LogP contribution in [0.5, 0.6) is 0 Å². The third-order valence-electron chi connectivity index (χ3n) is 2.85. The molecule has 0 saturated heterocycles. The quantitative estimate of drug-likeness (QED) is 0.876. The average molecular weight is 250 g/mol. The topological polar surface area (TPSA) is 50.9 Å². The number of fused-ring (bicyclic) bond motifs is 1. The highest BCUT2D eigenvalue weighted by Crippen LogP contribution is 2.28. The third-order valence-corrected chi connectivity index (χ3v) is 3.18. The highest BCUT2D eigenvalue weighted by Gasteiger charge is 2.08. The molecule has 0 spiro atoms. The molecule has 0 saturated carbocycles. The molecule has 1 atom stereocenters.